The quantitative estimate of drug-likeness (QED) is 0.286. The molecule has 1 aliphatic heterocycles. The van der Waals surface area contributed by atoms with Crippen molar-refractivity contribution in [3.8, 4) is 0 Å². The molecule has 0 aromatic heterocycles. The number of benzene rings is 4. The molecule has 0 aliphatic carbocycles. The predicted molar refractivity (Wildman–Crippen MR) is 140 cm³/mol. The molecule has 5 rings (SSSR count). The molecule has 1 heterocycles. The summed E-state index contributed by atoms with van der Waals surface area (Å²) in [6.07, 6.45) is 0.690. The highest BCUT2D eigenvalue weighted by atomic mass is 79.9. The van der Waals surface area contributed by atoms with E-state index in [2.05, 4.69) is 40.2 Å². The molecule has 4 aromatic carbocycles. The molecule has 0 N–H and O–H groups in total. The topological polar surface area (TPSA) is 59.0 Å². The molecule has 0 saturated heterocycles. The van der Waals surface area contributed by atoms with Crippen molar-refractivity contribution in [2.75, 3.05) is 6.61 Å². The van der Waals surface area contributed by atoms with Gasteiger partial charge in [0.15, 0.2) is 6.61 Å². The Hall–Kier alpha value is -3.77. The lowest BCUT2D eigenvalue weighted by atomic mass is 9.97. The van der Waals surface area contributed by atoms with Crippen molar-refractivity contribution >= 4 is 44.3 Å². The summed E-state index contributed by atoms with van der Waals surface area (Å²) in [7, 11) is 0. The van der Waals surface area contributed by atoms with E-state index in [4.69, 9.17) is 9.84 Å². The van der Waals surface area contributed by atoms with E-state index in [-0.39, 0.29) is 25.0 Å². The van der Waals surface area contributed by atoms with Crippen LogP contribution in [0.4, 0.5) is 0 Å². The van der Waals surface area contributed by atoms with Crippen LogP contribution in [0, 0.1) is 0 Å². The molecular weight excluding hydrogens is 504 g/mol. The van der Waals surface area contributed by atoms with Crippen LogP contribution in [-0.4, -0.2) is 29.2 Å². The second-order valence-corrected chi connectivity index (χ2v) is 9.36. The summed E-state index contributed by atoms with van der Waals surface area (Å²) in [6.45, 7) is -0.354. The van der Waals surface area contributed by atoms with Crippen LogP contribution in [0.25, 0.3) is 10.8 Å². The molecule has 0 radical (unpaired) electrons. The van der Waals surface area contributed by atoms with Crippen LogP contribution >= 0.6 is 15.9 Å². The number of hydrogen-bond acceptors (Lipinski definition) is 4. The number of hydrogen-bond donors (Lipinski definition) is 0. The lowest BCUT2D eigenvalue weighted by Gasteiger charge is -2.21. The largest absolute Gasteiger partial charge is 0.455 e. The van der Waals surface area contributed by atoms with Gasteiger partial charge in [-0.05, 0) is 45.7 Å². The van der Waals surface area contributed by atoms with Gasteiger partial charge in [0.25, 0.3) is 5.91 Å². The van der Waals surface area contributed by atoms with Gasteiger partial charge in [-0.25, -0.2) is 5.01 Å². The Kier molecular flexibility index (Phi) is 6.73. The summed E-state index contributed by atoms with van der Waals surface area (Å²) in [4.78, 5) is 25.5. The minimum Gasteiger partial charge on any atom is -0.455 e. The lowest BCUT2D eigenvalue weighted by Crippen LogP contribution is -2.31. The molecule has 6 heteroatoms. The van der Waals surface area contributed by atoms with E-state index in [0.717, 1.165) is 37.6 Å². The average molecular weight is 527 g/mol. The van der Waals surface area contributed by atoms with Crippen LogP contribution in [-0.2, 0) is 20.7 Å². The van der Waals surface area contributed by atoms with Gasteiger partial charge in [-0.1, -0.05) is 94.8 Å². The van der Waals surface area contributed by atoms with Crippen molar-refractivity contribution in [1.82, 2.24) is 5.01 Å². The zero-order valence-electron chi connectivity index (χ0n) is 18.9. The van der Waals surface area contributed by atoms with Gasteiger partial charge in [0.1, 0.15) is 0 Å². The maximum absolute atomic E-state index is 13.2. The minimum absolute atomic E-state index is 0.105. The van der Waals surface area contributed by atoms with E-state index in [1.807, 2.05) is 72.8 Å². The minimum atomic E-state index is -0.449. The van der Waals surface area contributed by atoms with Crippen molar-refractivity contribution in [2.24, 2.45) is 5.10 Å². The number of amides is 1. The Morgan fingerprint density at radius 1 is 0.886 bits per heavy atom. The Bertz CT molecular complexity index is 1400. The summed E-state index contributed by atoms with van der Waals surface area (Å²) in [5, 5.41) is 8.44. The van der Waals surface area contributed by atoms with E-state index in [1.165, 1.54) is 5.01 Å². The predicted octanol–water partition coefficient (Wildman–Crippen LogP) is 6.07. The van der Waals surface area contributed by atoms with Gasteiger partial charge in [-0.3, -0.25) is 9.59 Å². The van der Waals surface area contributed by atoms with E-state index in [1.54, 1.807) is 0 Å². The maximum atomic E-state index is 13.2. The highest BCUT2D eigenvalue weighted by Gasteiger charge is 2.33. The van der Waals surface area contributed by atoms with Gasteiger partial charge in [0.05, 0.1) is 18.2 Å². The average Bonchev–Trinajstić information content (AvgIpc) is 3.35. The number of carbonyl (C=O) groups excluding carboxylic acids is 2. The molecule has 35 heavy (non-hydrogen) atoms. The number of hydrazone groups is 1. The SMILES string of the molecule is O=C(Cc1ccc(Br)cc1)OCC(=O)N1N=C(c2ccc3ccccc3c2)CC1c1ccccc1. The van der Waals surface area contributed by atoms with Crippen molar-refractivity contribution in [3.05, 3.63) is 118 Å². The molecule has 1 aliphatic rings. The molecule has 0 bridgehead atoms. The van der Waals surface area contributed by atoms with Crippen molar-refractivity contribution in [1.29, 1.82) is 0 Å². The number of halogens is 1. The molecule has 1 unspecified atom stereocenters. The Balaban J connectivity index is 1.34. The maximum Gasteiger partial charge on any atom is 0.310 e. The van der Waals surface area contributed by atoms with E-state index in [9.17, 15) is 9.59 Å². The molecule has 4 aromatic rings. The fraction of sp³-hybridized carbons (Fsp3) is 0.138. The fourth-order valence-corrected chi connectivity index (χ4v) is 4.51. The summed E-state index contributed by atoms with van der Waals surface area (Å²) >= 11 is 3.38. The van der Waals surface area contributed by atoms with Gasteiger partial charge in [-0.15, -0.1) is 0 Å². The molecule has 174 valence electrons. The Morgan fingerprint density at radius 2 is 1.60 bits per heavy atom. The zero-order valence-corrected chi connectivity index (χ0v) is 20.5. The highest BCUT2D eigenvalue weighted by molar-refractivity contribution is 9.10. The number of esters is 1. The first-order valence-corrected chi connectivity index (χ1v) is 12.2. The molecule has 1 atom stereocenters. The van der Waals surface area contributed by atoms with Crippen LogP contribution in [0.15, 0.2) is 107 Å². The molecule has 0 spiro atoms. The Morgan fingerprint density at radius 3 is 2.37 bits per heavy atom. The van der Waals surface area contributed by atoms with Gasteiger partial charge in [-0.2, -0.15) is 5.10 Å². The van der Waals surface area contributed by atoms with E-state index in [0.29, 0.717) is 6.42 Å². The monoisotopic (exact) mass is 526 g/mol. The summed E-state index contributed by atoms with van der Waals surface area (Å²) in [6, 6.07) is 31.4. The van der Waals surface area contributed by atoms with Crippen LogP contribution in [0.5, 0.6) is 0 Å². The number of nitrogens with zero attached hydrogens (tertiary/aromatic N) is 2. The number of rotatable bonds is 6. The van der Waals surface area contributed by atoms with Crippen molar-refractivity contribution < 1.29 is 14.3 Å². The number of fused-ring (bicyclic) bond motifs is 1. The second-order valence-electron chi connectivity index (χ2n) is 8.44. The molecular formula is C29H23BrN2O3. The van der Waals surface area contributed by atoms with Gasteiger partial charge in [0, 0.05) is 10.9 Å². The van der Waals surface area contributed by atoms with Crippen LogP contribution in [0.2, 0.25) is 0 Å². The third-order valence-corrected chi connectivity index (χ3v) is 6.58. The number of ether oxygens (including phenoxy) is 1. The summed E-state index contributed by atoms with van der Waals surface area (Å²) in [5.41, 5.74) is 3.62. The standard InChI is InChI=1S/C29H23BrN2O3/c30-25-14-10-20(11-15-25)16-29(34)35-19-28(33)32-27(22-7-2-1-3-8-22)18-26(31-32)24-13-12-21-6-4-5-9-23(21)17-24/h1-15,17,27H,16,18-19H2. The van der Waals surface area contributed by atoms with Gasteiger partial charge >= 0.3 is 5.97 Å². The second kappa shape index (κ2) is 10.2. The highest BCUT2D eigenvalue weighted by Crippen LogP contribution is 2.33. The fourth-order valence-electron chi connectivity index (χ4n) is 4.25. The lowest BCUT2D eigenvalue weighted by molar-refractivity contribution is -0.152. The summed E-state index contributed by atoms with van der Waals surface area (Å²) in [5.74, 6) is -0.798. The van der Waals surface area contributed by atoms with E-state index < -0.39 is 5.97 Å². The van der Waals surface area contributed by atoms with Gasteiger partial charge < -0.3 is 4.74 Å². The smallest absolute Gasteiger partial charge is 0.310 e. The molecule has 0 fully saturated rings. The molecule has 0 saturated carbocycles. The van der Waals surface area contributed by atoms with Crippen molar-refractivity contribution in [3.63, 3.8) is 0 Å². The number of carbonyl (C=O) groups is 2. The normalized spacial score (nSPS) is 15.2. The molecule has 1 amide bonds. The van der Waals surface area contributed by atoms with E-state index >= 15 is 0 Å². The first-order chi connectivity index (χ1) is 17.1. The van der Waals surface area contributed by atoms with Crippen molar-refractivity contribution in [2.45, 2.75) is 18.9 Å². The summed E-state index contributed by atoms with van der Waals surface area (Å²) < 4.78 is 6.26. The zero-order chi connectivity index (χ0) is 24.2. The first-order valence-electron chi connectivity index (χ1n) is 11.4. The molecule has 5 nitrogen and oxygen atoms in total. The van der Waals surface area contributed by atoms with Crippen LogP contribution in [0.3, 0.4) is 0 Å². The van der Waals surface area contributed by atoms with Crippen LogP contribution in [0.1, 0.15) is 29.2 Å². The van der Waals surface area contributed by atoms with Gasteiger partial charge in [0.2, 0.25) is 0 Å². The third-order valence-electron chi connectivity index (χ3n) is 6.05. The third kappa shape index (κ3) is 5.33. The van der Waals surface area contributed by atoms with Crippen LogP contribution < -0.4 is 0 Å². The Labute approximate surface area is 212 Å². The first kappa shape index (κ1) is 23.0.